The first-order chi connectivity index (χ1) is 7.33. The second-order valence-corrected chi connectivity index (χ2v) is 4.03. The van der Waals surface area contributed by atoms with E-state index in [4.69, 9.17) is 0 Å². The van der Waals surface area contributed by atoms with Crippen LogP contribution in [0.1, 0.15) is 26.2 Å². The fraction of sp³-hybridized carbons (Fsp3) is 0.909. The SMILES string of the molecule is CCNC(=O)CNCCN1CCCCC1. The van der Waals surface area contributed by atoms with Crippen LogP contribution in [0.15, 0.2) is 0 Å². The number of likely N-dealkylation sites (N-methyl/N-ethyl adjacent to an activating group) is 1. The monoisotopic (exact) mass is 213 g/mol. The van der Waals surface area contributed by atoms with Crippen LogP contribution in [0.2, 0.25) is 0 Å². The molecule has 0 aliphatic carbocycles. The maximum atomic E-state index is 11.1. The highest BCUT2D eigenvalue weighted by Gasteiger charge is 2.08. The molecule has 15 heavy (non-hydrogen) atoms. The van der Waals surface area contributed by atoms with Gasteiger partial charge < -0.3 is 15.5 Å². The Labute approximate surface area is 92.4 Å². The average molecular weight is 213 g/mol. The van der Waals surface area contributed by atoms with E-state index in [0.29, 0.717) is 13.1 Å². The summed E-state index contributed by atoms with van der Waals surface area (Å²) >= 11 is 0. The Morgan fingerprint density at radius 2 is 2.00 bits per heavy atom. The number of likely N-dealkylation sites (tertiary alicyclic amines) is 1. The molecule has 4 nitrogen and oxygen atoms in total. The van der Waals surface area contributed by atoms with Crippen LogP contribution in [0.25, 0.3) is 0 Å². The Hall–Kier alpha value is -0.610. The lowest BCUT2D eigenvalue weighted by atomic mass is 10.1. The van der Waals surface area contributed by atoms with Crippen molar-refractivity contribution in [3.05, 3.63) is 0 Å². The molecular weight excluding hydrogens is 190 g/mol. The van der Waals surface area contributed by atoms with Gasteiger partial charge in [0.15, 0.2) is 0 Å². The van der Waals surface area contributed by atoms with Crippen LogP contribution in [0.4, 0.5) is 0 Å². The smallest absolute Gasteiger partial charge is 0.233 e. The van der Waals surface area contributed by atoms with E-state index < -0.39 is 0 Å². The number of piperidine rings is 1. The number of hydrogen-bond donors (Lipinski definition) is 2. The van der Waals surface area contributed by atoms with Crippen molar-refractivity contribution in [1.82, 2.24) is 15.5 Å². The molecule has 0 aromatic rings. The van der Waals surface area contributed by atoms with Crippen LogP contribution in [0.5, 0.6) is 0 Å². The molecule has 4 heteroatoms. The molecule has 88 valence electrons. The van der Waals surface area contributed by atoms with Crippen molar-refractivity contribution in [1.29, 1.82) is 0 Å². The van der Waals surface area contributed by atoms with Gasteiger partial charge in [-0.3, -0.25) is 4.79 Å². The van der Waals surface area contributed by atoms with Crippen molar-refractivity contribution >= 4 is 5.91 Å². The molecule has 0 aromatic heterocycles. The molecule has 0 aromatic carbocycles. The van der Waals surface area contributed by atoms with E-state index in [0.717, 1.165) is 13.1 Å². The maximum absolute atomic E-state index is 11.1. The minimum absolute atomic E-state index is 0.0937. The van der Waals surface area contributed by atoms with Crippen molar-refractivity contribution in [2.75, 3.05) is 39.3 Å². The summed E-state index contributed by atoms with van der Waals surface area (Å²) in [5, 5.41) is 5.93. The summed E-state index contributed by atoms with van der Waals surface area (Å²) in [4.78, 5) is 13.6. The van der Waals surface area contributed by atoms with Gasteiger partial charge in [0.2, 0.25) is 5.91 Å². The molecule has 0 radical (unpaired) electrons. The number of nitrogens with one attached hydrogen (secondary N) is 2. The van der Waals surface area contributed by atoms with Crippen LogP contribution in [0.3, 0.4) is 0 Å². The first kappa shape index (κ1) is 12.5. The molecule has 0 bridgehead atoms. The van der Waals surface area contributed by atoms with Crippen LogP contribution < -0.4 is 10.6 Å². The van der Waals surface area contributed by atoms with Crippen molar-refractivity contribution in [3.8, 4) is 0 Å². The van der Waals surface area contributed by atoms with Crippen molar-refractivity contribution in [2.45, 2.75) is 26.2 Å². The Kier molecular flexibility index (Phi) is 6.36. The summed E-state index contributed by atoms with van der Waals surface area (Å²) in [5.74, 6) is 0.0937. The largest absolute Gasteiger partial charge is 0.355 e. The Bertz CT molecular complexity index is 179. The summed E-state index contributed by atoms with van der Waals surface area (Å²) in [7, 11) is 0. The van der Waals surface area contributed by atoms with E-state index in [1.54, 1.807) is 0 Å². The third-order valence-corrected chi connectivity index (χ3v) is 2.71. The lowest BCUT2D eigenvalue weighted by molar-refractivity contribution is -0.120. The van der Waals surface area contributed by atoms with Gasteiger partial charge in [-0.15, -0.1) is 0 Å². The van der Waals surface area contributed by atoms with Gasteiger partial charge in [0.1, 0.15) is 0 Å². The number of amides is 1. The number of carbonyl (C=O) groups excluding carboxylic acids is 1. The summed E-state index contributed by atoms with van der Waals surface area (Å²) in [6, 6.07) is 0. The molecule has 0 unspecified atom stereocenters. The lowest BCUT2D eigenvalue weighted by Crippen LogP contribution is -2.39. The Morgan fingerprint density at radius 3 is 2.67 bits per heavy atom. The average Bonchev–Trinajstić information content (AvgIpc) is 2.26. The number of hydrogen-bond acceptors (Lipinski definition) is 3. The highest BCUT2D eigenvalue weighted by Crippen LogP contribution is 2.06. The fourth-order valence-corrected chi connectivity index (χ4v) is 1.88. The van der Waals surface area contributed by atoms with E-state index in [1.807, 2.05) is 6.92 Å². The molecule has 1 heterocycles. The van der Waals surface area contributed by atoms with Crippen molar-refractivity contribution in [2.24, 2.45) is 0 Å². The normalized spacial score (nSPS) is 17.7. The Balaban J connectivity index is 1.93. The zero-order chi connectivity index (χ0) is 10.9. The van der Waals surface area contributed by atoms with Crippen LogP contribution >= 0.6 is 0 Å². The number of nitrogens with zero attached hydrogens (tertiary/aromatic N) is 1. The zero-order valence-corrected chi connectivity index (χ0v) is 9.72. The van der Waals surface area contributed by atoms with Crippen LogP contribution in [0, 0.1) is 0 Å². The molecule has 1 saturated heterocycles. The summed E-state index contributed by atoms with van der Waals surface area (Å²) < 4.78 is 0. The summed E-state index contributed by atoms with van der Waals surface area (Å²) in [6.45, 7) is 7.53. The third-order valence-electron chi connectivity index (χ3n) is 2.71. The van der Waals surface area contributed by atoms with Gasteiger partial charge in [0.05, 0.1) is 6.54 Å². The van der Waals surface area contributed by atoms with Crippen LogP contribution in [-0.2, 0) is 4.79 Å². The van der Waals surface area contributed by atoms with E-state index in [-0.39, 0.29) is 5.91 Å². The first-order valence-corrected chi connectivity index (χ1v) is 6.02. The topological polar surface area (TPSA) is 44.4 Å². The number of rotatable bonds is 6. The molecule has 1 rings (SSSR count). The fourth-order valence-electron chi connectivity index (χ4n) is 1.88. The standard InChI is InChI=1S/C11H23N3O/c1-2-13-11(15)10-12-6-9-14-7-4-3-5-8-14/h12H,2-10H2,1H3,(H,13,15). The van der Waals surface area contributed by atoms with E-state index in [2.05, 4.69) is 15.5 Å². The van der Waals surface area contributed by atoms with Gasteiger partial charge in [0, 0.05) is 19.6 Å². The predicted molar refractivity (Wildman–Crippen MR) is 61.8 cm³/mol. The molecule has 1 aliphatic heterocycles. The summed E-state index contributed by atoms with van der Waals surface area (Å²) in [5.41, 5.74) is 0. The van der Waals surface area contributed by atoms with E-state index in [9.17, 15) is 4.79 Å². The van der Waals surface area contributed by atoms with Crippen molar-refractivity contribution in [3.63, 3.8) is 0 Å². The van der Waals surface area contributed by atoms with Crippen LogP contribution in [-0.4, -0.2) is 50.1 Å². The molecule has 0 saturated carbocycles. The molecular formula is C11H23N3O. The van der Waals surface area contributed by atoms with Gasteiger partial charge >= 0.3 is 0 Å². The zero-order valence-electron chi connectivity index (χ0n) is 9.72. The molecule has 0 spiro atoms. The highest BCUT2D eigenvalue weighted by molar-refractivity contribution is 5.77. The number of carbonyl (C=O) groups is 1. The minimum atomic E-state index is 0.0937. The minimum Gasteiger partial charge on any atom is -0.355 e. The molecule has 0 atom stereocenters. The van der Waals surface area contributed by atoms with Crippen molar-refractivity contribution < 1.29 is 4.79 Å². The van der Waals surface area contributed by atoms with Gasteiger partial charge in [-0.1, -0.05) is 6.42 Å². The molecule has 2 N–H and O–H groups in total. The second kappa shape index (κ2) is 7.65. The first-order valence-electron chi connectivity index (χ1n) is 6.02. The van der Waals surface area contributed by atoms with Gasteiger partial charge in [0.25, 0.3) is 0 Å². The van der Waals surface area contributed by atoms with E-state index >= 15 is 0 Å². The lowest BCUT2D eigenvalue weighted by Gasteiger charge is -2.26. The van der Waals surface area contributed by atoms with Gasteiger partial charge in [-0.05, 0) is 32.9 Å². The van der Waals surface area contributed by atoms with E-state index in [1.165, 1.54) is 32.4 Å². The predicted octanol–water partition coefficient (Wildman–Crippen LogP) is 0.198. The molecule has 1 fully saturated rings. The summed E-state index contributed by atoms with van der Waals surface area (Å²) in [6.07, 6.45) is 4.04. The molecule has 1 amide bonds. The van der Waals surface area contributed by atoms with Gasteiger partial charge in [-0.25, -0.2) is 0 Å². The molecule has 1 aliphatic rings. The Morgan fingerprint density at radius 1 is 1.27 bits per heavy atom. The highest BCUT2D eigenvalue weighted by atomic mass is 16.1. The second-order valence-electron chi connectivity index (χ2n) is 4.03. The quantitative estimate of drug-likeness (QED) is 0.619. The third kappa shape index (κ3) is 5.74. The van der Waals surface area contributed by atoms with Gasteiger partial charge in [-0.2, -0.15) is 0 Å². The maximum Gasteiger partial charge on any atom is 0.233 e.